The number of carbonyl (C=O) groups excluding carboxylic acids is 2. The number of esters is 2. The van der Waals surface area contributed by atoms with Crippen molar-refractivity contribution in [3.63, 3.8) is 0 Å². The van der Waals surface area contributed by atoms with Gasteiger partial charge in [-0.05, 0) is 38.2 Å². The molecule has 0 rings (SSSR count). The quantitative estimate of drug-likeness (QED) is 0.314. The Kier molecular flexibility index (Phi) is 12.4. The second-order valence-corrected chi connectivity index (χ2v) is 5.63. The third-order valence-corrected chi connectivity index (χ3v) is 3.31. The highest BCUT2D eigenvalue weighted by molar-refractivity contribution is 7.98. The van der Waals surface area contributed by atoms with Crippen LogP contribution in [-0.2, 0) is 19.1 Å². The van der Waals surface area contributed by atoms with Crippen LogP contribution < -0.4 is 0 Å². The second-order valence-electron chi connectivity index (χ2n) is 4.65. The molecule has 0 N–H and O–H groups in total. The van der Waals surface area contributed by atoms with Crippen molar-refractivity contribution in [3.8, 4) is 0 Å². The maximum absolute atomic E-state index is 11.4. The van der Waals surface area contributed by atoms with Gasteiger partial charge in [0.1, 0.15) is 0 Å². The molecule has 0 bridgehead atoms. The van der Waals surface area contributed by atoms with Crippen LogP contribution >= 0.6 is 11.8 Å². The Balaban J connectivity index is 3.33. The van der Waals surface area contributed by atoms with Crippen molar-refractivity contribution >= 4 is 23.7 Å². The molecular formula is C15H26O4S. The molecule has 4 nitrogen and oxygen atoms in total. The van der Waals surface area contributed by atoms with E-state index in [9.17, 15) is 9.59 Å². The average molecular weight is 302 g/mol. The molecule has 0 aromatic carbocycles. The van der Waals surface area contributed by atoms with Crippen molar-refractivity contribution < 1.29 is 19.1 Å². The highest BCUT2D eigenvalue weighted by Crippen LogP contribution is 2.05. The molecule has 0 spiro atoms. The molecule has 0 atom stereocenters. The SMILES string of the molecule is C=C(C)C(=O)OCCCC(=O)OCCCCCCSC. The van der Waals surface area contributed by atoms with E-state index < -0.39 is 5.97 Å². The molecule has 0 radical (unpaired) electrons. The van der Waals surface area contributed by atoms with Crippen LogP contribution in [0.25, 0.3) is 0 Å². The van der Waals surface area contributed by atoms with E-state index in [0.29, 0.717) is 18.6 Å². The van der Waals surface area contributed by atoms with E-state index in [1.165, 1.54) is 18.6 Å². The van der Waals surface area contributed by atoms with Crippen molar-refractivity contribution in [1.29, 1.82) is 0 Å². The number of rotatable bonds is 12. The van der Waals surface area contributed by atoms with Crippen molar-refractivity contribution in [2.45, 2.75) is 45.4 Å². The van der Waals surface area contributed by atoms with Gasteiger partial charge in [0, 0.05) is 12.0 Å². The predicted molar refractivity (Wildman–Crippen MR) is 82.8 cm³/mol. The summed E-state index contributed by atoms with van der Waals surface area (Å²) in [7, 11) is 0. The summed E-state index contributed by atoms with van der Waals surface area (Å²) in [6.45, 7) is 5.79. The summed E-state index contributed by atoms with van der Waals surface area (Å²) >= 11 is 1.86. The number of hydrogen-bond acceptors (Lipinski definition) is 5. The highest BCUT2D eigenvalue weighted by Gasteiger charge is 2.05. The zero-order valence-electron chi connectivity index (χ0n) is 12.6. The first-order valence-electron chi connectivity index (χ1n) is 7.05. The van der Waals surface area contributed by atoms with Crippen molar-refractivity contribution in [2.75, 3.05) is 25.2 Å². The van der Waals surface area contributed by atoms with Gasteiger partial charge >= 0.3 is 11.9 Å². The van der Waals surface area contributed by atoms with Crippen molar-refractivity contribution in [2.24, 2.45) is 0 Å². The van der Waals surface area contributed by atoms with Gasteiger partial charge in [-0.25, -0.2) is 4.79 Å². The summed E-state index contributed by atoms with van der Waals surface area (Å²) in [6, 6.07) is 0. The lowest BCUT2D eigenvalue weighted by Gasteiger charge is -2.06. The van der Waals surface area contributed by atoms with Gasteiger partial charge in [0.05, 0.1) is 13.2 Å². The fraction of sp³-hybridized carbons (Fsp3) is 0.733. The zero-order chi connectivity index (χ0) is 15.2. The minimum absolute atomic E-state index is 0.222. The van der Waals surface area contributed by atoms with Crippen LogP contribution in [0.2, 0.25) is 0 Å². The minimum Gasteiger partial charge on any atom is -0.466 e. The van der Waals surface area contributed by atoms with Gasteiger partial charge < -0.3 is 9.47 Å². The van der Waals surface area contributed by atoms with Crippen molar-refractivity contribution in [3.05, 3.63) is 12.2 Å². The summed E-state index contributed by atoms with van der Waals surface area (Å²) in [4.78, 5) is 22.4. The van der Waals surface area contributed by atoms with E-state index >= 15 is 0 Å². The van der Waals surface area contributed by atoms with Gasteiger partial charge in [-0.15, -0.1) is 0 Å². The molecule has 5 heteroatoms. The monoisotopic (exact) mass is 302 g/mol. The molecule has 0 heterocycles. The van der Waals surface area contributed by atoms with Crippen LogP contribution in [0.4, 0.5) is 0 Å². The number of carbonyl (C=O) groups is 2. The first kappa shape index (κ1) is 19.0. The lowest BCUT2D eigenvalue weighted by Crippen LogP contribution is -2.10. The van der Waals surface area contributed by atoms with Gasteiger partial charge in [0.2, 0.25) is 0 Å². The largest absolute Gasteiger partial charge is 0.466 e. The molecule has 0 amide bonds. The number of thioether (sulfide) groups is 1. The second kappa shape index (κ2) is 13.0. The molecule has 0 aromatic rings. The number of unbranched alkanes of at least 4 members (excludes halogenated alkanes) is 3. The summed E-state index contributed by atoms with van der Waals surface area (Å²) < 4.78 is 9.99. The summed E-state index contributed by atoms with van der Waals surface area (Å²) in [5, 5.41) is 0. The van der Waals surface area contributed by atoms with Crippen molar-refractivity contribution in [1.82, 2.24) is 0 Å². The maximum atomic E-state index is 11.4. The van der Waals surface area contributed by atoms with E-state index in [1.54, 1.807) is 6.92 Å². The molecule has 0 fully saturated rings. The molecule has 0 unspecified atom stereocenters. The summed E-state index contributed by atoms with van der Waals surface area (Å²) in [5.74, 6) is 0.562. The Morgan fingerprint density at radius 1 is 1.00 bits per heavy atom. The van der Waals surface area contributed by atoms with E-state index in [2.05, 4.69) is 12.8 Å². The molecule has 0 aromatic heterocycles. The Hall–Kier alpha value is -0.970. The fourth-order valence-electron chi connectivity index (χ4n) is 1.46. The molecule has 0 saturated heterocycles. The van der Waals surface area contributed by atoms with Crippen LogP contribution in [-0.4, -0.2) is 37.2 Å². The molecule has 0 saturated carbocycles. The number of hydrogen-bond donors (Lipinski definition) is 0. The van der Waals surface area contributed by atoms with E-state index in [4.69, 9.17) is 9.47 Å². The molecule has 0 aliphatic rings. The van der Waals surface area contributed by atoms with Gasteiger partial charge in [0.15, 0.2) is 0 Å². The fourth-order valence-corrected chi connectivity index (χ4v) is 1.96. The van der Waals surface area contributed by atoms with Gasteiger partial charge in [-0.1, -0.05) is 19.4 Å². The van der Waals surface area contributed by atoms with Gasteiger partial charge in [-0.2, -0.15) is 11.8 Å². The van der Waals surface area contributed by atoms with Crippen LogP contribution in [0.15, 0.2) is 12.2 Å². The molecule has 0 aliphatic carbocycles. The molecule has 116 valence electrons. The Morgan fingerprint density at radius 2 is 1.65 bits per heavy atom. The maximum Gasteiger partial charge on any atom is 0.333 e. The van der Waals surface area contributed by atoms with Crippen LogP contribution in [0.3, 0.4) is 0 Å². The first-order chi connectivity index (χ1) is 9.57. The van der Waals surface area contributed by atoms with Crippen LogP contribution in [0, 0.1) is 0 Å². The van der Waals surface area contributed by atoms with Gasteiger partial charge in [0.25, 0.3) is 0 Å². The summed E-state index contributed by atoms with van der Waals surface area (Å²) in [5.41, 5.74) is 0.369. The Labute approximate surface area is 126 Å². The highest BCUT2D eigenvalue weighted by atomic mass is 32.2. The van der Waals surface area contributed by atoms with E-state index in [1.807, 2.05) is 11.8 Å². The van der Waals surface area contributed by atoms with E-state index in [-0.39, 0.29) is 19.0 Å². The van der Waals surface area contributed by atoms with Crippen LogP contribution in [0.1, 0.15) is 45.4 Å². The Morgan fingerprint density at radius 3 is 2.30 bits per heavy atom. The lowest BCUT2D eigenvalue weighted by molar-refractivity contribution is -0.146. The first-order valence-corrected chi connectivity index (χ1v) is 8.44. The topological polar surface area (TPSA) is 52.6 Å². The van der Waals surface area contributed by atoms with E-state index in [0.717, 1.165) is 12.8 Å². The standard InChI is InChI=1S/C15H26O4S/c1-13(2)15(17)19-11-8-9-14(16)18-10-6-4-5-7-12-20-3/h1,4-12H2,2-3H3. The van der Waals surface area contributed by atoms with Gasteiger partial charge in [-0.3, -0.25) is 4.79 Å². The Bertz CT molecular complexity index is 302. The predicted octanol–water partition coefficient (Wildman–Crippen LogP) is 3.35. The van der Waals surface area contributed by atoms with Crippen LogP contribution in [0.5, 0.6) is 0 Å². The molecular weight excluding hydrogens is 276 g/mol. The number of ether oxygens (including phenoxy) is 2. The summed E-state index contributed by atoms with van der Waals surface area (Å²) in [6.07, 6.45) is 7.32. The lowest BCUT2D eigenvalue weighted by atomic mass is 10.2. The normalized spacial score (nSPS) is 10.1. The third-order valence-electron chi connectivity index (χ3n) is 2.61. The molecule has 20 heavy (non-hydrogen) atoms. The smallest absolute Gasteiger partial charge is 0.333 e. The third kappa shape index (κ3) is 12.1. The minimum atomic E-state index is -0.413. The average Bonchev–Trinajstić information content (AvgIpc) is 2.42. The molecule has 0 aliphatic heterocycles. The zero-order valence-corrected chi connectivity index (χ0v) is 13.4.